The highest BCUT2D eigenvalue weighted by Crippen LogP contribution is 2.31. The summed E-state index contributed by atoms with van der Waals surface area (Å²) in [5.74, 6) is 1.11. The molecule has 2 nitrogen and oxygen atoms in total. The molecule has 0 aliphatic heterocycles. The normalized spacial score (nSPS) is 16.7. The van der Waals surface area contributed by atoms with Gasteiger partial charge < -0.3 is 10.1 Å². The van der Waals surface area contributed by atoms with Crippen LogP contribution in [0, 0.1) is 6.92 Å². The van der Waals surface area contributed by atoms with Gasteiger partial charge in [0.1, 0.15) is 5.75 Å². The van der Waals surface area contributed by atoms with E-state index < -0.39 is 0 Å². The van der Waals surface area contributed by atoms with Gasteiger partial charge in [-0.1, -0.05) is 35.7 Å². The smallest absolute Gasteiger partial charge is 0.127 e. The monoisotopic (exact) mass is 353 g/mol. The van der Waals surface area contributed by atoms with E-state index in [-0.39, 0.29) is 0 Å². The van der Waals surface area contributed by atoms with E-state index in [9.17, 15) is 0 Å². The maximum absolute atomic E-state index is 6.42. The average molecular weight is 354 g/mol. The lowest BCUT2D eigenvalue weighted by molar-refractivity contribution is 0.180. The maximum atomic E-state index is 6.42. The minimum Gasteiger partial charge on any atom is -0.490 e. The Hall–Kier alpha value is -0.540. The predicted octanol–water partition coefficient (Wildman–Crippen LogP) is 5.36. The molecule has 2 rings (SSSR count). The van der Waals surface area contributed by atoms with Crippen LogP contribution in [0.15, 0.2) is 16.6 Å². The Morgan fingerprint density at radius 2 is 1.90 bits per heavy atom. The van der Waals surface area contributed by atoms with Gasteiger partial charge in [-0.2, -0.15) is 0 Å². The summed E-state index contributed by atoms with van der Waals surface area (Å²) in [4.78, 5) is 0. The van der Waals surface area contributed by atoms with Crippen molar-refractivity contribution in [1.29, 1.82) is 0 Å². The average Bonchev–Trinajstić information content (AvgIpc) is 2.71. The van der Waals surface area contributed by atoms with Gasteiger partial charge in [0.05, 0.1) is 6.10 Å². The van der Waals surface area contributed by atoms with E-state index in [0.717, 1.165) is 29.7 Å². The molecule has 118 valence electrons. The Morgan fingerprint density at radius 3 is 2.57 bits per heavy atom. The number of nitrogens with one attached hydrogen (secondary N) is 1. The van der Waals surface area contributed by atoms with E-state index in [1.54, 1.807) is 0 Å². The van der Waals surface area contributed by atoms with Crippen LogP contribution < -0.4 is 10.1 Å². The Kier molecular flexibility index (Phi) is 7.05. The lowest BCUT2D eigenvalue weighted by Gasteiger charge is -2.22. The van der Waals surface area contributed by atoms with E-state index in [0.29, 0.717) is 6.10 Å². The lowest BCUT2D eigenvalue weighted by Crippen LogP contribution is -2.19. The summed E-state index contributed by atoms with van der Waals surface area (Å²) in [5.41, 5.74) is 2.52. The first-order chi connectivity index (χ1) is 10.2. The van der Waals surface area contributed by atoms with E-state index in [4.69, 9.17) is 4.74 Å². The highest BCUT2D eigenvalue weighted by Gasteiger charge is 2.17. The molecule has 1 fully saturated rings. The third-order valence-corrected chi connectivity index (χ3v) is 4.60. The number of hydrogen-bond acceptors (Lipinski definition) is 2. The quantitative estimate of drug-likeness (QED) is 0.549. The summed E-state index contributed by atoms with van der Waals surface area (Å²) >= 11 is 3.61. The first-order valence-corrected chi connectivity index (χ1v) is 9.16. The Balaban J connectivity index is 2.11. The number of halogens is 1. The fourth-order valence-electron chi connectivity index (χ4n) is 3.03. The van der Waals surface area contributed by atoms with Gasteiger partial charge >= 0.3 is 0 Å². The number of ether oxygens (including phenoxy) is 1. The first kappa shape index (κ1) is 16.8. The molecular weight excluding hydrogens is 326 g/mol. The maximum Gasteiger partial charge on any atom is 0.127 e. The minimum atomic E-state index is 0.400. The minimum absolute atomic E-state index is 0.400. The SMILES string of the molecule is CCCNCc1cc(Br)cc(C)c1OC1CCCCCC1. The summed E-state index contributed by atoms with van der Waals surface area (Å²) < 4.78 is 7.56. The molecule has 0 atom stereocenters. The van der Waals surface area contributed by atoms with Crippen LogP contribution in [0.25, 0.3) is 0 Å². The summed E-state index contributed by atoms with van der Waals surface area (Å²) in [5, 5.41) is 3.49. The molecule has 1 aromatic carbocycles. The zero-order chi connectivity index (χ0) is 15.1. The summed E-state index contributed by atoms with van der Waals surface area (Å²) in [6.45, 7) is 6.28. The molecule has 0 spiro atoms. The molecule has 1 N–H and O–H groups in total. The molecule has 0 heterocycles. The van der Waals surface area contributed by atoms with Gasteiger partial charge in [0, 0.05) is 16.6 Å². The molecule has 1 aliphatic carbocycles. The molecule has 0 saturated heterocycles. The largest absolute Gasteiger partial charge is 0.490 e. The van der Waals surface area contributed by atoms with Crippen molar-refractivity contribution in [3.8, 4) is 5.75 Å². The van der Waals surface area contributed by atoms with Gasteiger partial charge in [-0.25, -0.2) is 0 Å². The van der Waals surface area contributed by atoms with Gasteiger partial charge in [-0.15, -0.1) is 0 Å². The number of rotatable bonds is 6. The van der Waals surface area contributed by atoms with E-state index in [2.05, 4.69) is 47.2 Å². The van der Waals surface area contributed by atoms with Crippen LogP contribution in [-0.2, 0) is 6.54 Å². The van der Waals surface area contributed by atoms with Crippen LogP contribution in [0.3, 0.4) is 0 Å². The first-order valence-electron chi connectivity index (χ1n) is 8.37. The summed E-state index contributed by atoms with van der Waals surface area (Å²) in [6, 6.07) is 4.36. The Morgan fingerprint density at radius 1 is 1.19 bits per heavy atom. The van der Waals surface area contributed by atoms with Gasteiger partial charge in [-0.3, -0.25) is 0 Å². The van der Waals surface area contributed by atoms with Crippen LogP contribution in [0.4, 0.5) is 0 Å². The summed E-state index contributed by atoms with van der Waals surface area (Å²) in [7, 11) is 0. The van der Waals surface area contributed by atoms with Gasteiger partial charge in [0.25, 0.3) is 0 Å². The van der Waals surface area contributed by atoms with Crippen LogP contribution in [-0.4, -0.2) is 12.6 Å². The highest BCUT2D eigenvalue weighted by atomic mass is 79.9. The van der Waals surface area contributed by atoms with Crippen molar-refractivity contribution in [2.75, 3.05) is 6.54 Å². The third-order valence-electron chi connectivity index (χ3n) is 4.15. The van der Waals surface area contributed by atoms with Crippen LogP contribution in [0.2, 0.25) is 0 Å². The van der Waals surface area contributed by atoms with Crippen molar-refractivity contribution in [2.24, 2.45) is 0 Å². The van der Waals surface area contributed by atoms with Crippen molar-refractivity contribution in [3.63, 3.8) is 0 Å². The van der Waals surface area contributed by atoms with E-state index >= 15 is 0 Å². The van der Waals surface area contributed by atoms with Crippen molar-refractivity contribution in [2.45, 2.75) is 71.4 Å². The molecule has 1 aromatic rings. The topological polar surface area (TPSA) is 21.3 Å². The Labute approximate surface area is 137 Å². The number of benzene rings is 1. The van der Waals surface area contributed by atoms with Crippen LogP contribution >= 0.6 is 15.9 Å². The van der Waals surface area contributed by atoms with Crippen molar-refractivity contribution < 1.29 is 4.74 Å². The molecule has 0 unspecified atom stereocenters. The number of hydrogen-bond donors (Lipinski definition) is 1. The second-order valence-corrected chi connectivity index (χ2v) is 7.03. The summed E-state index contributed by atoms with van der Waals surface area (Å²) in [6.07, 6.45) is 9.32. The molecule has 3 heteroatoms. The fourth-order valence-corrected chi connectivity index (χ4v) is 3.65. The van der Waals surface area contributed by atoms with Crippen molar-refractivity contribution >= 4 is 15.9 Å². The molecule has 1 saturated carbocycles. The molecule has 0 aromatic heterocycles. The molecule has 0 radical (unpaired) electrons. The highest BCUT2D eigenvalue weighted by molar-refractivity contribution is 9.10. The second-order valence-electron chi connectivity index (χ2n) is 6.12. The van der Waals surface area contributed by atoms with Crippen molar-refractivity contribution in [1.82, 2.24) is 5.32 Å². The Bertz CT molecular complexity index is 439. The predicted molar refractivity (Wildman–Crippen MR) is 93.0 cm³/mol. The third kappa shape index (κ3) is 5.30. The molecule has 0 bridgehead atoms. The zero-order valence-corrected chi connectivity index (χ0v) is 15.0. The van der Waals surface area contributed by atoms with Gasteiger partial charge in [-0.05, 0) is 63.3 Å². The second kappa shape index (κ2) is 8.79. The fraction of sp³-hybridized carbons (Fsp3) is 0.667. The zero-order valence-electron chi connectivity index (χ0n) is 13.4. The number of aryl methyl sites for hydroxylation is 1. The lowest BCUT2D eigenvalue weighted by atomic mass is 10.1. The van der Waals surface area contributed by atoms with E-state index in [1.807, 2.05) is 0 Å². The van der Waals surface area contributed by atoms with Crippen LogP contribution in [0.5, 0.6) is 5.75 Å². The van der Waals surface area contributed by atoms with E-state index in [1.165, 1.54) is 49.7 Å². The molecule has 0 amide bonds. The van der Waals surface area contributed by atoms with Crippen molar-refractivity contribution in [3.05, 3.63) is 27.7 Å². The standard InChI is InChI=1S/C18H28BrNO/c1-3-10-20-13-15-12-16(19)11-14(2)18(15)21-17-8-6-4-5-7-9-17/h11-12,17,20H,3-10,13H2,1-2H3. The van der Waals surface area contributed by atoms with Gasteiger partial charge in [0.15, 0.2) is 0 Å². The van der Waals surface area contributed by atoms with Gasteiger partial charge in [0.2, 0.25) is 0 Å². The molecule has 1 aliphatic rings. The molecular formula is C18H28BrNO. The molecule has 21 heavy (non-hydrogen) atoms. The van der Waals surface area contributed by atoms with Crippen LogP contribution in [0.1, 0.15) is 63.0 Å².